The standard InChI is InChI=1S/C21H26O3/c1-5-15-10-6-7-11-16(15)14-19(20(22)23)24-18-13-9-8-12-17(18)21(2,3)4/h6-13,19H,5,14H2,1-4H3,(H,22,23)/t19-/m1/s1. The van der Waals surface area contributed by atoms with Crippen LogP contribution in [-0.4, -0.2) is 17.2 Å². The molecule has 0 saturated heterocycles. The third-order valence-corrected chi connectivity index (χ3v) is 4.14. The molecule has 0 aliphatic carbocycles. The quantitative estimate of drug-likeness (QED) is 0.842. The van der Waals surface area contributed by atoms with Gasteiger partial charge in [0.25, 0.3) is 0 Å². The number of hydrogen-bond acceptors (Lipinski definition) is 2. The van der Waals surface area contributed by atoms with Crippen LogP contribution >= 0.6 is 0 Å². The molecular weight excluding hydrogens is 300 g/mol. The number of aliphatic carboxylic acids is 1. The lowest BCUT2D eigenvalue weighted by Gasteiger charge is -2.25. The molecule has 0 amide bonds. The number of carboxylic acid groups (broad SMARTS) is 1. The van der Waals surface area contributed by atoms with Crippen molar-refractivity contribution in [2.24, 2.45) is 0 Å². The van der Waals surface area contributed by atoms with E-state index in [0.29, 0.717) is 12.2 Å². The molecule has 0 aliphatic heterocycles. The Bertz CT molecular complexity index is 698. The molecule has 0 heterocycles. The molecule has 0 unspecified atom stereocenters. The van der Waals surface area contributed by atoms with Crippen molar-refractivity contribution in [2.75, 3.05) is 0 Å². The van der Waals surface area contributed by atoms with Gasteiger partial charge in [-0.3, -0.25) is 0 Å². The van der Waals surface area contributed by atoms with Crippen molar-refractivity contribution in [3.63, 3.8) is 0 Å². The van der Waals surface area contributed by atoms with Crippen LogP contribution in [0, 0.1) is 0 Å². The number of ether oxygens (including phenoxy) is 1. The molecule has 0 aromatic heterocycles. The van der Waals surface area contributed by atoms with Crippen molar-refractivity contribution in [3.05, 3.63) is 65.2 Å². The minimum atomic E-state index is -0.940. The van der Waals surface area contributed by atoms with Crippen LogP contribution in [-0.2, 0) is 23.1 Å². The number of carboxylic acids is 1. The maximum absolute atomic E-state index is 11.7. The highest BCUT2D eigenvalue weighted by Gasteiger charge is 2.25. The molecule has 3 nitrogen and oxygen atoms in total. The average molecular weight is 326 g/mol. The number of carbonyl (C=O) groups is 1. The second kappa shape index (κ2) is 7.52. The summed E-state index contributed by atoms with van der Waals surface area (Å²) in [5.41, 5.74) is 3.10. The summed E-state index contributed by atoms with van der Waals surface area (Å²) in [7, 11) is 0. The molecule has 0 spiro atoms. The van der Waals surface area contributed by atoms with E-state index in [2.05, 4.69) is 27.7 Å². The van der Waals surface area contributed by atoms with Gasteiger partial charge in [-0.15, -0.1) is 0 Å². The topological polar surface area (TPSA) is 46.5 Å². The monoisotopic (exact) mass is 326 g/mol. The summed E-state index contributed by atoms with van der Waals surface area (Å²) in [6.07, 6.45) is 0.333. The molecule has 0 bridgehead atoms. The van der Waals surface area contributed by atoms with Crippen LogP contribution in [0.3, 0.4) is 0 Å². The highest BCUT2D eigenvalue weighted by molar-refractivity contribution is 5.73. The van der Waals surface area contributed by atoms with Gasteiger partial charge < -0.3 is 9.84 Å². The second-order valence-corrected chi connectivity index (χ2v) is 7.02. The van der Waals surface area contributed by atoms with Gasteiger partial charge in [-0.1, -0.05) is 70.2 Å². The number of hydrogen-bond donors (Lipinski definition) is 1. The first kappa shape index (κ1) is 18.1. The lowest BCUT2D eigenvalue weighted by Crippen LogP contribution is -2.30. The van der Waals surface area contributed by atoms with Gasteiger partial charge in [0.05, 0.1) is 0 Å². The van der Waals surface area contributed by atoms with E-state index in [4.69, 9.17) is 4.74 Å². The van der Waals surface area contributed by atoms with Gasteiger partial charge in [-0.25, -0.2) is 4.79 Å². The molecule has 0 aliphatic rings. The molecule has 3 heteroatoms. The molecule has 0 fully saturated rings. The van der Waals surface area contributed by atoms with Crippen molar-refractivity contribution >= 4 is 5.97 Å². The van der Waals surface area contributed by atoms with E-state index in [0.717, 1.165) is 23.1 Å². The predicted molar refractivity (Wildman–Crippen MR) is 96.7 cm³/mol. The van der Waals surface area contributed by atoms with Crippen molar-refractivity contribution in [1.82, 2.24) is 0 Å². The third kappa shape index (κ3) is 4.38. The largest absolute Gasteiger partial charge is 0.478 e. The lowest BCUT2D eigenvalue weighted by molar-refractivity contribution is -0.145. The summed E-state index contributed by atoms with van der Waals surface area (Å²) in [5, 5.41) is 9.63. The zero-order valence-electron chi connectivity index (χ0n) is 14.9. The highest BCUT2D eigenvalue weighted by Crippen LogP contribution is 2.32. The van der Waals surface area contributed by atoms with Crippen LogP contribution < -0.4 is 4.74 Å². The normalized spacial score (nSPS) is 12.7. The number of aryl methyl sites for hydroxylation is 1. The van der Waals surface area contributed by atoms with E-state index in [1.165, 1.54) is 0 Å². The lowest BCUT2D eigenvalue weighted by atomic mass is 9.86. The zero-order chi connectivity index (χ0) is 17.7. The average Bonchev–Trinajstić information content (AvgIpc) is 2.54. The van der Waals surface area contributed by atoms with Gasteiger partial charge in [0, 0.05) is 6.42 Å². The fourth-order valence-electron chi connectivity index (χ4n) is 2.82. The first-order chi connectivity index (χ1) is 11.3. The zero-order valence-corrected chi connectivity index (χ0v) is 14.9. The molecule has 2 rings (SSSR count). The molecule has 0 saturated carbocycles. The fourth-order valence-corrected chi connectivity index (χ4v) is 2.82. The summed E-state index contributed by atoms with van der Waals surface area (Å²) in [6, 6.07) is 15.6. The Labute approximate surface area is 144 Å². The van der Waals surface area contributed by atoms with Gasteiger partial charge in [0.2, 0.25) is 0 Å². The van der Waals surface area contributed by atoms with Crippen LogP contribution in [0.4, 0.5) is 0 Å². The summed E-state index contributed by atoms with van der Waals surface area (Å²) in [4.78, 5) is 11.7. The second-order valence-electron chi connectivity index (χ2n) is 7.02. The summed E-state index contributed by atoms with van der Waals surface area (Å²) >= 11 is 0. The maximum Gasteiger partial charge on any atom is 0.345 e. The molecular formula is C21H26O3. The molecule has 128 valence electrons. The van der Waals surface area contributed by atoms with Crippen molar-refractivity contribution in [2.45, 2.75) is 52.1 Å². The van der Waals surface area contributed by atoms with Crippen molar-refractivity contribution in [3.8, 4) is 5.75 Å². The van der Waals surface area contributed by atoms with E-state index in [-0.39, 0.29) is 5.41 Å². The van der Waals surface area contributed by atoms with Crippen LogP contribution in [0.15, 0.2) is 48.5 Å². The number of para-hydroxylation sites is 1. The Morgan fingerprint density at radius 2 is 1.62 bits per heavy atom. The predicted octanol–water partition coefficient (Wildman–Crippen LogP) is 4.62. The summed E-state index contributed by atoms with van der Waals surface area (Å²) < 4.78 is 5.94. The van der Waals surface area contributed by atoms with E-state index < -0.39 is 12.1 Å². The molecule has 2 aromatic rings. The van der Waals surface area contributed by atoms with E-state index in [1.807, 2.05) is 48.5 Å². The molecule has 1 atom stereocenters. The SMILES string of the molecule is CCc1ccccc1C[C@@H](Oc1ccccc1C(C)(C)C)C(=O)O. The van der Waals surface area contributed by atoms with Gasteiger partial charge in [0.15, 0.2) is 6.10 Å². The minimum absolute atomic E-state index is 0.110. The Balaban J connectivity index is 2.29. The Hall–Kier alpha value is -2.29. The van der Waals surface area contributed by atoms with Gasteiger partial charge in [0.1, 0.15) is 5.75 Å². The summed E-state index contributed by atoms with van der Waals surface area (Å²) in [6.45, 7) is 8.36. The fraction of sp³-hybridized carbons (Fsp3) is 0.381. The molecule has 2 aromatic carbocycles. The molecule has 1 N–H and O–H groups in total. The van der Waals surface area contributed by atoms with Crippen LogP contribution in [0.1, 0.15) is 44.4 Å². The third-order valence-electron chi connectivity index (χ3n) is 4.14. The Morgan fingerprint density at radius 1 is 1.04 bits per heavy atom. The van der Waals surface area contributed by atoms with Crippen molar-refractivity contribution < 1.29 is 14.6 Å². The van der Waals surface area contributed by atoms with E-state index in [1.54, 1.807) is 0 Å². The van der Waals surface area contributed by atoms with Gasteiger partial charge in [-0.2, -0.15) is 0 Å². The number of rotatable bonds is 6. The Kier molecular flexibility index (Phi) is 5.66. The van der Waals surface area contributed by atoms with E-state index >= 15 is 0 Å². The van der Waals surface area contributed by atoms with Crippen LogP contribution in [0.25, 0.3) is 0 Å². The molecule has 24 heavy (non-hydrogen) atoms. The van der Waals surface area contributed by atoms with Gasteiger partial charge in [-0.05, 0) is 34.6 Å². The maximum atomic E-state index is 11.7. The molecule has 0 radical (unpaired) electrons. The van der Waals surface area contributed by atoms with Gasteiger partial charge >= 0.3 is 5.97 Å². The van der Waals surface area contributed by atoms with E-state index in [9.17, 15) is 9.90 Å². The van der Waals surface area contributed by atoms with Crippen LogP contribution in [0.2, 0.25) is 0 Å². The highest BCUT2D eigenvalue weighted by atomic mass is 16.5. The van der Waals surface area contributed by atoms with Crippen molar-refractivity contribution in [1.29, 1.82) is 0 Å². The smallest absolute Gasteiger partial charge is 0.345 e. The minimum Gasteiger partial charge on any atom is -0.478 e. The Morgan fingerprint density at radius 3 is 2.21 bits per heavy atom. The van der Waals surface area contributed by atoms with Crippen LogP contribution in [0.5, 0.6) is 5.75 Å². The first-order valence-electron chi connectivity index (χ1n) is 8.38. The summed E-state index contributed by atoms with van der Waals surface area (Å²) in [5.74, 6) is -0.295. The first-order valence-corrected chi connectivity index (χ1v) is 8.38. The number of benzene rings is 2.